The van der Waals surface area contributed by atoms with Gasteiger partial charge in [-0.3, -0.25) is 0 Å². The third kappa shape index (κ3) is 3.69. The zero-order valence-electron chi connectivity index (χ0n) is 9.77. The van der Waals surface area contributed by atoms with Gasteiger partial charge in [-0.1, -0.05) is 27.5 Å². The Morgan fingerprint density at radius 3 is 2.94 bits per heavy atom. The third-order valence-electron chi connectivity index (χ3n) is 3.14. The van der Waals surface area contributed by atoms with E-state index in [1.807, 2.05) is 0 Å². The van der Waals surface area contributed by atoms with Gasteiger partial charge in [-0.25, -0.2) is 4.39 Å². The average Bonchev–Trinajstić information content (AvgIpc) is 2.84. The maximum Gasteiger partial charge on any atom is 0.128 e. The van der Waals surface area contributed by atoms with Crippen molar-refractivity contribution in [2.24, 2.45) is 0 Å². The van der Waals surface area contributed by atoms with Crippen molar-refractivity contribution in [2.75, 3.05) is 6.61 Å². The second-order valence-corrected chi connectivity index (χ2v) is 6.83. The highest BCUT2D eigenvalue weighted by Gasteiger charge is 2.20. The first-order valence-corrected chi connectivity index (χ1v) is 8.06. The Balaban J connectivity index is 1.99. The summed E-state index contributed by atoms with van der Waals surface area (Å²) in [5.41, 5.74) is 0.612. The van der Waals surface area contributed by atoms with Gasteiger partial charge < -0.3 is 4.74 Å². The van der Waals surface area contributed by atoms with E-state index >= 15 is 0 Å². The van der Waals surface area contributed by atoms with E-state index < -0.39 is 0 Å². The summed E-state index contributed by atoms with van der Waals surface area (Å²) in [4.78, 5) is -0.0210. The van der Waals surface area contributed by atoms with E-state index in [0.29, 0.717) is 21.2 Å². The number of hydrogen-bond acceptors (Lipinski definition) is 1. The van der Waals surface area contributed by atoms with Gasteiger partial charge in [0.25, 0.3) is 0 Å². The van der Waals surface area contributed by atoms with Crippen molar-refractivity contribution in [3.05, 3.63) is 33.0 Å². The van der Waals surface area contributed by atoms with Crippen molar-refractivity contribution in [1.82, 2.24) is 0 Å². The predicted octanol–water partition coefficient (Wildman–Crippen LogP) is 5.64. The number of hydrogen-bond donors (Lipinski definition) is 0. The Morgan fingerprint density at radius 2 is 2.28 bits per heavy atom. The maximum atomic E-state index is 13.8. The molecule has 1 aliphatic heterocycles. The first-order chi connectivity index (χ1) is 8.58. The van der Waals surface area contributed by atoms with E-state index in [2.05, 4.69) is 31.9 Å². The molecule has 2 atom stereocenters. The summed E-state index contributed by atoms with van der Waals surface area (Å²) in [7, 11) is 0. The molecule has 1 aliphatic rings. The van der Waals surface area contributed by atoms with Gasteiger partial charge in [0.2, 0.25) is 0 Å². The van der Waals surface area contributed by atoms with Crippen LogP contribution in [0.15, 0.2) is 16.6 Å². The zero-order chi connectivity index (χ0) is 13.1. The van der Waals surface area contributed by atoms with Crippen LogP contribution in [0.1, 0.15) is 36.1 Å². The van der Waals surface area contributed by atoms with Crippen molar-refractivity contribution in [1.29, 1.82) is 0 Å². The minimum absolute atomic E-state index is 0.0210. The average molecular weight is 401 g/mol. The number of rotatable bonds is 4. The number of ether oxygens (including phenoxy) is 1. The first-order valence-electron chi connectivity index (χ1n) is 5.98. The third-order valence-corrected chi connectivity index (χ3v) is 5.29. The molecule has 1 nitrogen and oxygen atoms in total. The van der Waals surface area contributed by atoms with Crippen LogP contribution >= 0.6 is 43.5 Å². The van der Waals surface area contributed by atoms with Gasteiger partial charge in [0.1, 0.15) is 5.82 Å². The second kappa shape index (κ2) is 6.69. The molecule has 1 fully saturated rings. The normalized spacial score (nSPS) is 21.2. The van der Waals surface area contributed by atoms with Crippen LogP contribution in [0.4, 0.5) is 4.39 Å². The minimum atomic E-state index is -0.236. The molecule has 0 bridgehead atoms. The van der Waals surface area contributed by atoms with Gasteiger partial charge >= 0.3 is 0 Å². The van der Waals surface area contributed by atoms with Crippen LogP contribution in [0.5, 0.6) is 0 Å². The molecular weight excluding hydrogens is 386 g/mol. The van der Waals surface area contributed by atoms with Crippen molar-refractivity contribution in [2.45, 2.75) is 36.6 Å². The van der Waals surface area contributed by atoms with Crippen molar-refractivity contribution in [3.8, 4) is 0 Å². The summed E-state index contributed by atoms with van der Waals surface area (Å²) >= 11 is 12.7. The minimum Gasteiger partial charge on any atom is -0.378 e. The Labute approximate surface area is 128 Å². The molecule has 5 heteroatoms. The molecule has 1 heterocycles. The number of alkyl halides is 1. The van der Waals surface area contributed by atoms with E-state index in [-0.39, 0.29) is 10.6 Å². The lowest BCUT2D eigenvalue weighted by Crippen LogP contribution is -2.06. The summed E-state index contributed by atoms with van der Waals surface area (Å²) in [6, 6.07) is 3.09. The lowest BCUT2D eigenvalue weighted by Gasteiger charge is -2.15. The molecule has 0 amide bonds. The molecule has 1 aromatic rings. The van der Waals surface area contributed by atoms with Gasteiger partial charge in [-0.05, 0) is 53.7 Å². The largest absolute Gasteiger partial charge is 0.378 e. The first kappa shape index (κ1) is 14.8. The van der Waals surface area contributed by atoms with Gasteiger partial charge in [0.15, 0.2) is 0 Å². The molecule has 0 aliphatic carbocycles. The fraction of sp³-hybridized carbons (Fsp3) is 0.538. The van der Waals surface area contributed by atoms with Gasteiger partial charge in [-0.2, -0.15) is 0 Å². The van der Waals surface area contributed by atoms with Gasteiger partial charge in [0, 0.05) is 21.5 Å². The molecule has 100 valence electrons. The Hall–Kier alpha value is 0.360. The summed E-state index contributed by atoms with van der Waals surface area (Å²) in [5, 5.41) is 0.535. The van der Waals surface area contributed by atoms with Gasteiger partial charge in [0.05, 0.1) is 11.1 Å². The summed E-state index contributed by atoms with van der Waals surface area (Å²) < 4.78 is 20.0. The molecule has 0 saturated carbocycles. The molecule has 1 aromatic carbocycles. The Kier molecular flexibility index (Phi) is 5.48. The smallest absolute Gasteiger partial charge is 0.128 e. The molecular formula is C13H14Br2ClFO. The second-order valence-electron chi connectivity index (χ2n) is 4.47. The van der Waals surface area contributed by atoms with Crippen molar-refractivity contribution < 1.29 is 9.13 Å². The molecule has 0 N–H and O–H groups in total. The van der Waals surface area contributed by atoms with Crippen LogP contribution in [-0.2, 0) is 4.74 Å². The summed E-state index contributed by atoms with van der Waals surface area (Å²) in [6.07, 6.45) is 4.38. The maximum absolute atomic E-state index is 13.8. The molecule has 18 heavy (non-hydrogen) atoms. The summed E-state index contributed by atoms with van der Waals surface area (Å²) in [6.45, 7) is 0.857. The SMILES string of the molecule is Fc1cc(Br)c(Cl)cc1C(Br)CCC1CCCO1. The zero-order valence-corrected chi connectivity index (χ0v) is 13.7. The van der Waals surface area contributed by atoms with E-state index in [1.165, 1.54) is 6.07 Å². The fourth-order valence-corrected chi connectivity index (χ4v) is 3.24. The monoisotopic (exact) mass is 398 g/mol. The highest BCUT2D eigenvalue weighted by molar-refractivity contribution is 9.10. The summed E-state index contributed by atoms with van der Waals surface area (Å²) in [5.74, 6) is -0.236. The van der Waals surface area contributed by atoms with Crippen LogP contribution in [0, 0.1) is 5.82 Å². The van der Waals surface area contributed by atoms with Crippen LogP contribution < -0.4 is 0 Å². The predicted molar refractivity (Wildman–Crippen MR) is 79.0 cm³/mol. The topological polar surface area (TPSA) is 9.23 Å². The molecule has 0 radical (unpaired) electrons. The van der Waals surface area contributed by atoms with E-state index in [9.17, 15) is 4.39 Å². The molecule has 2 unspecified atom stereocenters. The Bertz CT molecular complexity index is 422. The fourth-order valence-electron chi connectivity index (χ4n) is 2.14. The highest BCUT2D eigenvalue weighted by Crippen LogP contribution is 2.35. The van der Waals surface area contributed by atoms with Crippen molar-refractivity contribution >= 4 is 43.5 Å². The van der Waals surface area contributed by atoms with E-state index in [4.69, 9.17) is 16.3 Å². The van der Waals surface area contributed by atoms with E-state index in [1.54, 1.807) is 6.07 Å². The quantitative estimate of drug-likeness (QED) is 0.470. The molecule has 2 rings (SSSR count). The van der Waals surface area contributed by atoms with Crippen LogP contribution in [0.25, 0.3) is 0 Å². The van der Waals surface area contributed by atoms with Crippen LogP contribution in [-0.4, -0.2) is 12.7 Å². The lowest BCUT2D eigenvalue weighted by atomic mass is 10.0. The highest BCUT2D eigenvalue weighted by atomic mass is 79.9. The van der Waals surface area contributed by atoms with Crippen LogP contribution in [0.3, 0.4) is 0 Å². The van der Waals surface area contributed by atoms with Crippen molar-refractivity contribution in [3.63, 3.8) is 0 Å². The number of benzene rings is 1. The van der Waals surface area contributed by atoms with E-state index in [0.717, 1.165) is 32.3 Å². The molecule has 0 spiro atoms. The lowest BCUT2D eigenvalue weighted by molar-refractivity contribution is 0.102. The standard InChI is InChI=1S/C13H14Br2ClFO/c14-10(4-3-8-2-1-5-18-8)9-6-12(16)11(15)7-13(9)17/h6-8,10H,1-5H2. The van der Waals surface area contributed by atoms with Gasteiger partial charge in [-0.15, -0.1) is 0 Å². The van der Waals surface area contributed by atoms with Crippen LogP contribution in [0.2, 0.25) is 5.02 Å². The molecule has 0 aromatic heterocycles. The number of halogens is 4. The molecule has 1 saturated heterocycles. The Morgan fingerprint density at radius 1 is 1.50 bits per heavy atom.